The molecule has 1 aromatic carbocycles. The number of aromatic nitrogens is 3. The molecule has 0 bridgehead atoms. The number of halogens is 1. The number of nitrogens with zero attached hydrogens (tertiary/aromatic N) is 3. The highest BCUT2D eigenvalue weighted by Crippen LogP contribution is 2.07. The van der Waals surface area contributed by atoms with Crippen molar-refractivity contribution in [2.45, 2.75) is 0 Å². The number of rotatable bonds is 1. The van der Waals surface area contributed by atoms with Gasteiger partial charge in [-0.05, 0) is 28.9 Å². The molecule has 13 heavy (non-hydrogen) atoms. The zero-order valence-corrected chi connectivity index (χ0v) is 7.19. The van der Waals surface area contributed by atoms with Gasteiger partial charge in [-0.2, -0.15) is 0 Å². The van der Waals surface area contributed by atoms with E-state index in [1.54, 1.807) is 12.1 Å². The molecule has 6 heteroatoms. The Labute approximate surface area is 78.3 Å². The fourth-order valence-electron chi connectivity index (χ4n) is 1.03. The van der Waals surface area contributed by atoms with E-state index in [1.165, 1.54) is 4.79 Å². The molecule has 0 saturated heterocycles. The molecule has 1 N–H and O–H groups in total. The SMILES string of the molecule is O=C(Cl)Nn1nnc2ccccc21. The molecule has 0 saturated carbocycles. The third-order valence-electron chi connectivity index (χ3n) is 1.55. The monoisotopic (exact) mass is 196 g/mol. The van der Waals surface area contributed by atoms with Gasteiger partial charge in [0.1, 0.15) is 11.0 Å². The van der Waals surface area contributed by atoms with Crippen LogP contribution in [-0.2, 0) is 0 Å². The quantitative estimate of drug-likeness (QED) is 0.553. The van der Waals surface area contributed by atoms with Gasteiger partial charge in [-0.15, -0.1) is 9.89 Å². The standard InChI is InChI=1S/C7H5ClN4O/c8-7(13)10-12-6-4-2-1-3-5(6)9-11-12/h1-4H,(H,10,13). The summed E-state index contributed by atoms with van der Waals surface area (Å²) in [5.74, 6) is 0. The molecule has 0 aliphatic rings. The molecule has 0 radical (unpaired) electrons. The van der Waals surface area contributed by atoms with E-state index in [4.69, 9.17) is 11.6 Å². The predicted octanol–water partition coefficient (Wildman–Crippen LogP) is 1.33. The van der Waals surface area contributed by atoms with E-state index < -0.39 is 5.37 Å². The van der Waals surface area contributed by atoms with Gasteiger partial charge < -0.3 is 0 Å². The summed E-state index contributed by atoms with van der Waals surface area (Å²) in [5, 5.41) is 6.80. The fourth-order valence-corrected chi connectivity index (χ4v) is 1.11. The highest BCUT2D eigenvalue weighted by atomic mass is 35.5. The largest absolute Gasteiger partial charge is 0.334 e. The first-order valence-electron chi connectivity index (χ1n) is 3.54. The Kier molecular flexibility index (Phi) is 1.86. The van der Waals surface area contributed by atoms with Gasteiger partial charge in [0.05, 0.1) is 0 Å². The van der Waals surface area contributed by atoms with Gasteiger partial charge in [0.15, 0.2) is 0 Å². The maximum absolute atomic E-state index is 10.5. The molecule has 0 fully saturated rings. The first-order chi connectivity index (χ1) is 6.27. The molecule has 0 aliphatic carbocycles. The summed E-state index contributed by atoms with van der Waals surface area (Å²) in [5.41, 5.74) is 3.70. The van der Waals surface area contributed by atoms with Crippen molar-refractivity contribution in [3.8, 4) is 0 Å². The number of hydrogen-bond donors (Lipinski definition) is 1. The van der Waals surface area contributed by atoms with Crippen LogP contribution in [0.2, 0.25) is 0 Å². The Morgan fingerprint density at radius 2 is 2.23 bits per heavy atom. The minimum atomic E-state index is -0.698. The number of carbonyl (C=O) groups is 1. The lowest BCUT2D eigenvalue weighted by Crippen LogP contribution is -2.18. The highest BCUT2D eigenvalue weighted by Gasteiger charge is 2.03. The maximum atomic E-state index is 10.5. The van der Waals surface area contributed by atoms with Crippen LogP contribution in [0.1, 0.15) is 0 Å². The third kappa shape index (κ3) is 1.46. The van der Waals surface area contributed by atoms with Crippen molar-refractivity contribution in [3.05, 3.63) is 24.3 Å². The van der Waals surface area contributed by atoms with Crippen LogP contribution in [0.25, 0.3) is 11.0 Å². The summed E-state index contributed by atoms with van der Waals surface area (Å²) >= 11 is 5.13. The summed E-state index contributed by atoms with van der Waals surface area (Å²) in [6.45, 7) is 0. The van der Waals surface area contributed by atoms with Gasteiger partial charge in [0, 0.05) is 0 Å². The van der Waals surface area contributed by atoms with Crippen LogP contribution >= 0.6 is 11.6 Å². The molecule has 1 aromatic heterocycles. The zero-order chi connectivity index (χ0) is 9.26. The van der Waals surface area contributed by atoms with Gasteiger partial charge in [-0.3, -0.25) is 4.79 Å². The van der Waals surface area contributed by atoms with Crippen molar-refractivity contribution in [1.29, 1.82) is 0 Å². The minimum Gasteiger partial charge on any atom is -0.254 e. The fraction of sp³-hybridized carbons (Fsp3) is 0. The number of fused-ring (bicyclic) bond motifs is 1. The topological polar surface area (TPSA) is 59.8 Å². The van der Waals surface area contributed by atoms with E-state index in [0.717, 1.165) is 0 Å². The van der Waals surface area contributed by atoms with Crippen LogP contribution in [0, 0.1) is 0 Å². The number of amides is 1. The molecule has 1 heterocycles. The number of benzene rings is 1. The van der Waals surface area contributed by atoms with Gasteiger partial charge in [-0.25, -0.2) is 5.43 Å². The van der Waals surface area contributed by atoms with Gasteiger partial charge in [0.2, 0.25) is 0 Å². The smallest absolute Gasteiger partial charge is 0.254 e. The molecule has 0 aliphatic heterocycles. The molecule has 66 valence electrons. The van der Waals surface area contributed by atoms with Crippen molar-refractivity contribution >= 4 is 28.0 Å². The zero-order valence-electron chi connectivity index (χ0n) is 6.44. The lowest BCUT2D eigenvalue weighted by atomic mass is 10.3. The second-order valence-electron chi connectivity index (χ2n) is 2.38. The van der Waals surface area contributed by atoms with Crippen molar-refractivity contribution < 1.29 is 4.79 Å². The number of carbonyl (C=O) groups excluding carboxylic acids is 1. The van der Waals surface area contributed by atoms with E-state index in [2.05, 4.69) is 15.7 Å². The average Bonchev–Trinajstić information content (AvgIpc) is 2.48. The molecular formula is C7H5ClN4O. The van der Waals surface area contributed by atoms with Crippen molar-refractivity contribution in [2.24, 2.45) is 0 Å². The van der Waals surface area contributed by atoms with Gasteiger partial charge in [0.25, 0.3) is 0 Å². The summed E-state index contributed by atoms with van der Waals surface area (Å²) in [6, 6.07) is 7.23. The second kappa shape index (κ2) is 3.02. The molecule has 0 spiro atoms. The van der Waals surface area contributed by atoms with E-state index in [-0.39, 0.29) is 0 Å². The van der Waals surface area contributed by atoms with Crippen molar-refractivity contribution in [2.75, 3.05) is 5.43 Å². The normalized spacial score (nSPS) is 10.2. The van der Waals surface area contributed by atoms with E-state index in [0.29, 0.717) is 11.0 Å². The second-order valence-corrected chi connectivity index (χ2v) is 2.72. The lowest BCUT2D eigenvalue weighted by Gasteiger charge is -1.98. The Bertz CT molecular complexity index is 452. The predicted molar refractivity (Wildman–Crippen MR) is 48.1 cm³/mol. The maximum Gasteiger partial charge on any atom is 0.334 e. The lowest BCUT2D eigenvalue weighted by molar-refractivity contribution is 0.266. The van der Waals surface area contributed by atoms with E-state index >= 15 is 0 Å². The first kappa shape index (κ1) is 8.00. The minimum absolute atomic E-state index is 0.698. The Morgan fingerprint density at radius 1 is 1.46 bits per heavy atom. The first-order valence-corrected chi connectivity index (χ1v) is 3.92. The number of hydrogen-bond acceptors (Lipinski definition) is 3. The van der Waals surface area contributed by atoms with Gasteiger partial charge in [-0.1, -0.05) is 12.1 Å². The number of para-hydroxylation sites is 1. The summed E-state index contributed by atoms with van der Waals surface area (Å²) in [7, 11) is 0. The van der Waals surface area contributed by atoms with Crippen LogP contribution < -0.4 is 5.43 Å². The molecule has 2 aromatic rings. The molecule has 0 atom stereocenters. The van der Waals surface area contributed by atoms with E-state index in [9.17, 15) is 4.79 Å². The molecule has 5 nitrogen and oxygen atoms in total. The van der Waals surface area contributed by atoms with E-state index in [1.807, 2.05) is 12.1 Å². The third-order valence-corrected chi connectivity index (χ3v) is 1.63. The average molecular weight is 197 g/mol. The van der Waals surface area contributed by atoms with Crippen LogP contribution in [0.15, 0.2) is 24.3 Å². The van der Waals surface area contributed by atoms with Gasteiger partial charge >= 0.3 is 5.37 Å². The van der Waals surface area contributed by atoms with Crippen LogP contribution in [0.3, 0.4) is 0 Å². The molecular weight excluding hydrogens is 192 g/mol. The Balaban J connectivity index is 2.51. The summed E-state index contributed by atoms with van der Waals surface area (Å²) in [6.07, 6.45) is 0. The molecule has 1 amide bonds. The van der Waals surface area contributed by atoms with Crippen molar-refractivity contribution in [1.82, 2.24) is 15.1 Å². The Morgan fingerprint density at radius 3 is 3.00 bits per heavy atom. The van der Waals surface area contributed by atoms with Crippen molar-refractivity contribution in [3.63, 3.8) is 0 Å². The van der Waals surface area contributed by atoms with Crippen LogP contribution in [0.5, 0.6) is 0 Å². The highest BCUT2D eigenvalue weighted by molar-refractivity contribution is 6.65. The van der Waals surface area contributed by atoms with Crippen LogP contribution in [0.4, 0.5) is 4.79 Å². The van der Waals surface area contributed by atoms with Crippen LogP contribution in [-0.4, -0.2) is 20.5 Å². The molecule has 2 rings (SSSR count). The number of nitrogens with one attached hydrogen (secondary N) is 1. The summed E-state index contributed by atoms with van der Waals surface area (Å²) < 4.78 is 0. The summed E-state index contributed by atoms with van der Waals surface area (Å²) in [4.78, 5) is 11.7. The Hall–Kier alpha value is -1.62. The molecule has 0 unspecified atom stereocenters.